The Morgan fingerprint density at radius 3 is 2.00 bits per heavy atom. The molecular weight excluding hydrogens is 264 g/mol. The number of hydrogen-bond donors (Lipinski definition) is 0. The molecular formula is C18H14O3. The van der Waals surface area contributed by atoms with E-state index in [9.17, 15) is 9.59 Å². The van der Waals surface area contributed by atoms with Crippen molar-refractivity contribution in [3.8, 4) is 0 Å². The molecule has 0 amide bonds. The Morgan fingerprint density at radius 1 is 0.714 bits per heavy atom. The zero-order chi connectivity index (χ0) is 14.7. The highest BCUT2D eigenvalue weighted by atomic mass is 16.6. The van der Waals surface area contributed by atoms with Crippen LogP contribution >= 0.6 is 0 Å². The van der Waals surface area contributed by atoms with E-state index in [1.54, 1.807) is 0 Å². The first-order valence-electron chi connectivity index (χ1n) is 6.84. The van der Waals surface area contributed by atoms with Crippen LogP contribution in [0.1, 0.15) is 17.5 Å². The predicted molar refractivity (Wildman–Crippen MR) is 79.2 cm³/mol. The molecule has 3 nitrogen and oxygen atoms in total. The fraction of sp³-hybridized carbons (Fsp3) is 0.111. The lowest BCUT2D eigenvalue weighted by atomic mass is 9.97. The van der Waals surface area contributed by atoms with Gasteiger partial charge in [0.1, 0.15) is 0 Å². The highest BCUT2D eigenvalue weighted by Gasteiger charge is 2.33. The van der Waals surface area contributed by atoms with Gasteiger partial charge in [0.15, 0.2) is 0 Å². The summed E-state index contributed by atoms with van der Waals surface area (Å²) in [5, 5.41) is 0. The Balaban J connectivity index is 1.90. The van der Waals surface area contributed by atoms with Gasteiger partial charge in [-0.1, -0.05) is 60.7 Å². The van der Waals surface area contributed by atoms with Gasteiger partial charge in [0, 0.05) is 0 Å². The van der Waals surface area contributed by atoms with Crippen molar-refractivity contribution in [3.05, 3.63) is 77.4 Å². The van der Waals surface area contributed by atoms with Gasteiger partial charge in [-0.15, -0.1) is 0 Å². The molecule has 0 spiro atoms. The fourth-order valence-corrected chi connectivity index (χ4v) is 2.46. The van der Waals surface area contributed by atoms with Crippen LogP contribution in [0.4, 0.5) is 0 Å². The lowest BCUT2D eigenvalue weighted by molar-refractivity contribution is -0.150. The number of hydrogen-bond acceptors (Lipinski definition) is 3. The number of carbonyl (C=O) groups is 2. The van der Waals surface area contributed by atoms with Crippen molar-refractivity contribution in [2.75, 3.05) is 0 Å². The molecule has 2 aromatic carbocycles. The molecule has 0 aliphatic carbocycles. The van der Waals surface area contributed by atoms with Gasteiger partial charge in [-0.25, -0.2) is 9.59 Å². The summed E-state index contributed by atoms with van der Waals surface area (Å²) in [6.45, 7) is 0. The first-order chi connectivity index (χ1) is 10.3. The molecule has 1 aliphatic heterocycles. The molecule has 0 atom stereocenters. The summed E-state index contributed by atoms with van der Waals surface area (Å²) in [6.07, 6.45) is 1.20. The van der Waals surface area contributed by atoms with Gasteiger partial charge >= 0.3 is 11.9 Å². The van der Waals surface area contributed by atoms with Crippen molar-refractivity contribution in [3.63, 3.8) is 0 Å². The van der Waals surface area contributed by atoms with Gasteiger partial charge in [0.25, 0.3) is 0 Å². The molecule has 1 aliphatic rings. The number of aryl methyl sites for hydroxylation is 1. The third kappa shape index (κ3) is 2.77. The second-order valence-corrected chi connectivity index (χ2v) is 4.88. The van der Waals surface area contributed by atoms with Crippen LogP contribution in [-0.2, 0) is 20.7 Å². The van der Waals surface area contributed by atoms with Crippen LogP contribution in [0.15, 0.2) is 66.2 Å². The van der Waals surface area contributed by atoms with Crippen molar-refractivity contribution >= 4 is 17.5 Å². The van der Waals surface area contributed by atoms with Crippen LogP contribution in [0, 0.1) is 0 Å². The van der Waals surface area contributed by atoms with Gasteiger partial charge in [0.2, 0.25) is 0 Å². The zero-order valence-corrected chi connectivity index (χ0v) is 11.4. The van der Waals surface area contributed by atoms with Crippen molar-refractivity contribution < 1.29 is 14.3 Å². The fourth-order valence-electron chi connectivity index (χ4n) is 2.46. The van der Waals surface area contributed by atoms with E-state index in [0.29, 0.717) is 24.0 Å². The standard InChI is InChI=1S/C18H14O3/c19-17-15(12-11-13-7-3-1-4-8-13)16(18(20)21-17)14-9-5-2-6-10-14/h1-10H,11-12H2. The largest absolute Gasteiger partial charge is 0.386 e. The quantitative estimate of drug-likeness (QED) is 0.637. The van der Waals surface area contributed by atoms with Crippen molar-refractivity contribution in [1.82, 2.24) is 0 Å². The van der Waals surface area contributed by atoms with E-state index in [4.69, 9.17) is 4.74 Å². The zero-order valence-electron chi connectivity index (χ0n) is 11.4. The Labute approximate surface area is 122 Å². The minimum atomic E-state index is -0.547. The first kappa shape index (κ1) is 13.3. The van der Waals surface area contributed by atoms with Crippen LogP contribution in [0.3, 0.4) is 0 Å². The number of rotatable bonds is 4. The van der Waals surface area contributed by atoms with Gasteiger partial charge in [-0.3, -0.25) is 0 Å². The van der Waals surface area contributed by atoms with Crippen LogP contribution in [-0.4, -0.2) is 11.9 Å². The summed E-state index contributed by atoms with van der Waals surface area (Å²) in [4.78, 5) is 23.8. The number of carbonyl (C=O) groups excluding carboxylic acids is 2. The molecule has 1 heterocycles. The van der Waals surface area contributed by atoms with Crippen LogP contribution < -0.4 is 0 Å². The summed E-state index contributed by atoms with van der Waals surface area (Å²) < 4.78 is 4.78. The van der Waals surface area contributed by atoms with Crippen molar-refractivity contribution in [1.29, 1.82) is 0 Å². The molecule has 0 saturated carbocycles. The Morgan fingerprint density at radius 2 is 1.33 bits per heavy atom. The van der Waals surface area contributed by atoms with Crippen LogP contribution in [0.25, 0.3) is 5.57 Å². The second-order valence-electron chi connectivity index (χ2n) is 4.88. The Kier molecular flexibility index (Phi) is 3.65. The van der Waals surface area contributed by atoms with E-state index in [1.807, 2.05) is 60.7 Å². The molecule has 3 heteroatoms. The van der Waals surface area contributed by atoms with E-state index in [2.05, 4.69) is 0 Å². The number of benzene rings is 2. The van der Waals surface area contributed by atoms with E-state index >= 15 is 0 Å². The average molecular weight is 278 g/mol. The lowest BCUT2D eigenvalue weighted by Gasteiger charge is -2.03. The average Bonchev–Trinajstić information content (AvgIpc) is 2.81. The summed E-state index contributed by atoms with van der Waals surface area (Å²) in [6, 6.07) is 19.1. The van der Waals surface area contributed by atoms with E-state index < -0.39 is 11.9 Å². The minimum Gasteiger partial charge on any atom is -0.386 e. The molecule has 0 unspecified atom stereocenters. The molecule has 0 fully saturated rings. The SMILES string of the molecule is O=C1OC(=O)C(c2ccccc2)=C1CCc1ccccc1. The summed E-state index contributed by atoms with van der Waals surface area (Å²) in [7, 11) is 0. The number of esters is 2. The molecule has 0 radical (unpaired) electrons. The molecule has 3 rings (SSSR count). The smallest absolute Gasteiger partial charge is 0.347 e. The Hall–Kier alpha value is -2.68. The summed E-state index contributed by atoms with van der Waals surface area (Å²) in [5.74, 6) is -1.07. The first-order valence-corrected chi connectivity index (χ1v) is 6.84. The molecule has 104 valence electrons. The summed E-state index contributed by atoms with van der Waals surface area (Å²) >= 11 is 0. The molecule has 0 N–H and O–H groups in total. The minimum absolute atomic E-state index is 0.400. The number of ether oxygens (including phenoxy) is 1. The Bertz CT molecular complexity index is 700. The second kappa shape index (κ2) is 5.75. The van der Waals surface area contributed by atoms with Crippen LogP contribution in [0.5, 0.6) is 0 Å². The van der Waals surface area contributed by atoms with Gasteiger partial charge < -0.3 is 4.74 Å². The maximum absolute atomic E-state index is 11.9. The summed E-state index contributed by atoms with van der Waals surface area (Å²) in [5.41, 5.74) is 2.73. The van der Waals surface area contributed by atoms with Crippen molar-refractivity contribution in [2.45, 2.75) is 12.8 Å². The maximum atomic E-state index is 11.9. The lowest BCUT2D eigenvalue weighted by Crippen LogP contribution is -2.02. The molecule has 21 heavy (non-hydrogen) atoms. The monoisotopic (exact) mass is 278 g/mol. The third-order valence-corrected chi connectivity index (χ3v) is 3.51. The number of cyclic esters (lactones) is 2. The molecule has 0 saturated heterocycles. The van der Waals surface area contributed by atoms with E-state index in [1.165, 1.54) is 0 Å². The van der Waals surface area contributed by atoms with Gasteiger partial charge in [0.05, 0.1) is 11.1 Å². The topological polar surface area (TPSA) is 43.4 Å². The normalized spacial score (nSPS) is 14.5. The highest BCUT2D eigenvalue weighted by molar-refractivity contribution is 6.30. The van der Waals surface area contributed by atoms with E-state index in [0.717, 1.165) is 11.1 Å². The third-order valence-electron chi connectivity index (χ3n) is 3.51. The molecule has 0 aromatic heterocycles. The highest BCUT2D eigenvalue weighted by Crippen LogP contribution is 2.29. The van der Waals surface area contributed by atoms with Crippen LogP contribution in [0.2, 0.25) is 0 Å². The molecule has 2 aromatic rings. The van der Waals surface area contributed by atoms with Crippen molar-refractivity contribution in [2.24, 2.45) is 0 Å². The predicted octanol–water partition coefficient (Wildman–Crippen LogP) is 3.16. The van der Waals surface area contributed by atoms with Gasteiger partial charge in [-0.2, -0.15) is 0 Å². The van der Waals surface area contributed by atoms with Gasteiger partial charge in [-0.05, 0) is 24.0 Å². The molecule has 0 bridgehead atoms. The maximum Gasteiger partial charge on any atom is 0.347 e. The van der Waals surface area contributed by atoms with E-state index in [-0.39, 0.29) is 0 Å².